The van der Waals surface area contributed by atoms with Gasteiger partial charge in [-0.25, -0.2) is 0 Å². The van der Waals surface area contributed by atoms with Crippen molar-refractivity contribution < 1.29 is 0 Å². The molecule has 0 radical (unpaired) electrons. The summed E-state index contributed by atoms with van der Waals surface area (Å²) in [6.45, 7) is 7.20. The summed E-state index contributed by atoms with van der Waals surface area (Å²) in [5.41, 5.74) is 0. The average molecular weight is 140 g/mol. The average Bonchev–Trinajstić information content (AvgIpc) is 1.93. The summed E-state index contributed by atoms with van der Waals surface area (Å²) < 4.78 is 0. The first-order chi connectivity index (χ1) is 4.68. The summed E-state index contributed by atoms with van der Waals surface area (Å²) in [5.74, 6) is 2.95. The second-order valence-corrected chi connectivity index (χ2v) is 4.36. The minimum absolute atomic E-state index is 0.979. The van der Waals surface area contributed by atoms with Crippen LogP contribution in [0.25, 0.3) is 0 Å². The molecule has 0 heteroatoms. The minimum atomic E-state index is 0.979. The Morgan fingerprint density at radius 1 is 0.700 bits per heavy atom. The molecule has 3 atom stereocenters. The molecular weight excluding hydrogens is 120 g/mol. The second kappa shape index (κ2) is 3.41. The zero-order valence-corrected chi connectivity index (χ0v) is 7.56. The lowest BCUT2D eigenvalue weighted by Gasteiger charge is -2.11. The Morgan fingerprint density at radius 2 is 1.10 bits per heavy atom. The van der Waals surface area contributed by atoms with Crippen molar-refractivity contribution in [3.05, 3.63) is 0 Å². The Balaban J connectivity index is 2.38. The van der Waals surface area contributed by atoms with Gasteiger partial charge in [-0.3, -0.25) is 0 Å². The van der Waals surface area contributed by atoms with E-state index in [4.69, 9.17) is 0 Å². The topological polar surface area (TPSA) is 0 Å². The normalized spacial score (nSPS) is 42.9. The maximum absolute atomic E-state index is 2.40. The van der Waals surface area contributed by atoms with Crippen LogP contribution in [0.2, 0.25) is 0 Å². The third-order valence-corrected chi connectivity index (χ3v) is 2.76. The van der Waals surface area contributed by atoms with Gasteiger partial charge < -0.3 is 0 Å². The van der Waals surface area contributed by atoms with E-state index in [0.29, 0.717) is 0 Å². The number of hydrogen-bond donors (Lipinski definition) is 0. The minimum Gasteiger partial charge on any atom is -0.0625 e. The predicted molar refractivity (Wildman–Crippen MR) is 46.0 cm³/mol. The molecule has 0 nitrogen and oxygen atoms in total. The smallest absolute Gasteiger partial charge is 0.0438 e. The monoisotopic (exact) mass is 140 g/mol. The molecule has 0 N–H and O–H groups in total. The van der Waals surface area contributed by atoms with Crippen LogP contribution in [-0.2, 0) is 0 Å². The molecule has 0 heterocycles. The van der Waals surface area contributed by atoms with E-state index in [9.17, 15) is 0 Å². The highest BCUT2D eigenvalue weighted by Crippen LogP contribution is 2.30. The molecule has 1 aliphatic carbocycles. The Hall–Kier alpha value is 0. The van der Waals surface area contributed by atoms with Crippen molar-refractivity contribution in [1.29, 1.82) is 0 Å². The Morgan fingerprint density at radius 3 is 1.50 bits per heavy atom. The van der Waals surface area contributed by atoms with E-state index in [0.717, 1.165) is 17.8 Å². The molecular formula is C10H20. The van der Waals surface area contributed by atoms with Gasteiger partial charge in [0.05, 0.1) is 0 Å². The van der Waals surface area contributed by atoms with Crippen molar-refractivity contribution >= 4 is 0 Å². The van der Waals surface area contributed by atoms with Crippen molar-refractivity contribution in [1.82, 2.24) is 0 Å². The quantitative estimate of drug-likeness (QED) is 0.452. The lowest BCUT2D eigenvalue weighted by Crippen LogP contribution is -1.99. The molecule has 10 heavy (non-hydrogen) atoms. The number of rotatable bonds is 0. The van der Waals surface area contributed by atoms with E-state index in [2.05, 4.69) is 20.8 Å². The zero-order chi connectivity index (χ0) is 7.56. The molecule has 0 aromatic rings. The summed E-state index contributed by atoms with van der Waals surface area (Å²) in [6.07, 6.45) is 5.85. The largest absolute Gasteiger partial charge is 0.0625 e. The summed E-state index contributed by atoms with van der Waals surface area (Å²) in [5, 5.41) is 0. The van der Waals surface area contributed by atoms with Crippen LogP contribution in [0, 0.1) is 17.8 Å². The van der Waals surface area contributed by atoms with E-state index < -0.39 is 0 Å². The molecule has 0 bridgehead atoms. The molecule has 0 aromatic carbocycles. The molecule has 60 valence electrons. The maximum atomic E-state index is 2.40. The van der Waals surface area contributed by atoms with Gasteiger partial charge >= 0.3 is 0 Å². The van der Waals surface area contributed by atoms with Gasteiger partial charge in [0.15, 0.2) is 0 Å². The molecule has 0 aliphatic heterocycles. The zero-order valence-electron chi connectivity index (χ0n) is 7.56. The highest BCUT2D eigenvalue weighted by Gasteiger charge is 2.17. The van der Waals surface area contributed by atoms with E-state index in [1.165, 1.54) is 25.7 Å². The van der Waals surface area contributed by atoms with Gasteiger partial charge in [0, 0.05) is 0 Å². The van der Waals surface area contributed by atoms with Crippen molar-refractivity contribution in [2.75, 3.05) is 0 Å². The number of hydrogen-bond acceptors (Lipinski definition) is 0. The Labute approximate surface area is 65.0 Å². The van der Waals surface area contributed by atoms with Gasteiger partial charge in [-0.2, -0.15) is 0 Å². The lowest BCUT2D eigenvalue weighted by atomic mass is 9.95. The molecule has 0 spiro atoms. The summed E-state index contributed by atoms with van der Waals surface area (Å²) in [6, 6.07) is 0. The van der Waals surface area contributed by atoms with Crippen molar-refractivity contribution in [3.8, 4) is 0 Å². The van der Waals surface area contributed by atoms with Gasteiger partial charge in [-0.15, -0.1) is 0 Å². The van der Waals surface area contributed by atoms with Crippen LogP contribution in [0.4, 0.5) is 0 Å². The standard InChI is InChI=1S/C10H20/c1-8-4-5-9(2)7-10(3)6-8/h8-10H,4-7H2,1-3H3/t8-,9+,10-. The van der Waals surface area contributed by atoms with Crippen LogP contribution < -0.4 is 0 Å². The van der Waals surface area contributed by atoms with Gasteiger partial charge in [0.1, 0.15) is 0 Å². The summed E-state index contributed by atoms with van der Waals surface area (Å²) in [4.78, 5) is 0. The predicted octanol–water partition coefficient (Wildman–Crippen LogP) is 3.47. The van der Waals surface area contributed by atoms with Crippen molar-refractivity contribution in [2.45, 2.75) is 46.5 Å². The summed E-state index contributed by atoms with van der Waals surface area (Å²) >= 11 is 0. The van der Waals surface area contributed by atoms with E-state index in [1.807, 2.05) is 0 Å². The van der Waals surface area contributed by atoms with E-state index >= 15 is 0 Å². The third kappa shape index (κ3) is 2.32. The first-order valence-corrected chi connectivity index (χ1v) is 4.68. The van der Waals surface area contributed by atoms with Gasteiger partial charge in [0.25, 0.3) is 0 Å². The molecule has 1 fully saturated rings. The third-order valence-electron chi connectivity index (χ3n) is 2.76. The fourth-order valence-corrected chi connectivity index (χ4v) is 2.27. The summed E-state index contributed by atoms with van der Waals surface area (Å²) in [7, 11) is 0. The lowest BCUT2D eigenvalue weighted by molar-refractivity contribution is 0.404. The van der Waals surface area contributed by atoms with Gasteiger partial charge in [-0.1, -0.05) is 33.6 Å². The first kappa shape index (κ1) is 8.10. The highest BCUT2D eigenvalue weighted by molar-refractivity contribution is 4.69. The van der Waals surface area contributed by atoms with Crippen molar-refractivity contribution in [2.24, 2.45) is 17.8 Å². The molecule has 1 aliphatic rings. The fraction of sp³-hybridized carbons (Fsp3) is 1.00. The maximum Gasteiger partial charge on any atom is -0.0438 e. The van der Waals surface area contributed by atoms with E-state index in [-0.39, 0.29) is 0 Å². The van der Waals surface area contributed by atoms with E-state index in [1.54, 1.807) is 0 Å². The molecule has 0 unspecified atom stereocenters. The van der Waals surface area contributed by atoms with Gasteiger partial charge in [-0.05, 0) is 30.6 Å². The molecule has 1 saturated carbocycles. The van der Waals surface area contributed by atoms with Crippen LogP contribution in [0.3, 0.4) is 0 Å². The first-order valence-electron chi connectivity index (χ1n) is 4.68. The molecule has 1 rings (SSSR count). The Bertz CT molecular complexity index is 84.2. The molecule has 0 aromatic heterocycles. The SMILES string of the molecule is C[C@@H]1C[C@H](C)CC[C@H](C)C1. The van der Waals surface area contributed by atoms with Crippen LogP contribution in [-0.4, -0.2) is 0 Å². The van der Waals surface area contributed by atoms with Crippen LogP contribution >= 0.6 is 0 Å². The molecule has 0 saturated heterocycles. The van der Waals surface area contributed by atoms with Gasteiger partial charge in [0.2, 0.25) is 0 Å². The van der Waals surface area contributed by atoms with Crippen LogP contribution in [0.5, 0.6) is 0 Å². The van der Waals surface area contributed by atoms with Crippen molar-refractivity contribution in [3.63, 3.8) is 0 Å². The Kier molecular flexibility index (Phi) is 2.76. The fourth-order valence-electron chi connectivity index (χ4n) is 2.27. The highest BCUT2D eigenvalue weighted by atomic mass is 14.2. The van der Waals surface area contributed by atoms with Crippen LogP contribution in [0.15, 0.2) is 0 Å². The molecule has 0 amide bonds. The second-order valence-electron chi connectivity index (χ2n) is 4.36. The van der Waals surface area contributed by atoms with Crippen LogP contribution in [0.1, 0.15) is 46.5 Å².